The molecule has 1 unspecified atom stereocenters. The number of carbonyl (C=O) groups excluding carboxylic acids is 1. The lowest BCUT2D eigenvalue weighted by atomic mass is 9.89. The van der Waals surface area contributed by atoms with E-state index in [2.05, 4.69) is 15.5 Å². The number of carbonyl (C=O) groups is 1. The van der Waals surface area contributed by atoms with Gasteiger partial charge in [-0.2, -0.15) is 13.2 Å². The molecule has 3 aromatic rings. The van der Waals surface area contributed by atoms with Crippen LogP contribution in [0.2, 0.25) is 0 Å². The van der Waals surface area contributed by atoms with Crippen molar-refractivity contribution in [1.82, 2.24) is 19.9 Å². The van der Waals surface area contributed by atoms with Crippen molar-refractivity contribution < 1.29 is 18.0 Å². The summed E-state index contributed by atoms with van der Waals surface area (Å²) in [5.41, 5.74) is 0.698. The Kier molecular flexibility index (Phi) is 5.85. The summed E-state index contributed by atoms with van der Waals surface area (Å²) in [5, 5.41) is 11.4. The number of nitrogens with one attached hydrogen (secondary N) is 1. The van der Waals surface area contributed by atoms with Gasteiger partial charge in [0.2, 0.25) is 0 Å². The van der Waals surface area contributed by atoms with Crippen LogP contribution in [0.3, 0.4) is 0 Å². The van der Waals surface area contributed by atoms with Crippen LogP contribution in [0.5, 0.6) is 0 Å². The molecular weight excluding hydrogens is 393 g/mol. The molecule has 158 valence electrons. The van der Waals surface area contributed by atoms with E-state index in [-0.39, 0.29) is 24.0 Å². The van der Waals surface area contributed by atoms with Crippen LogP contribution < -0.4 is 5.32 Å². The average molecular weight is 416 g/mol. The van der Waals surface area contributed by atoms with Crippen LogP contribution in [0.4, 0.5) is 13.2 Å². The predicted molar refractivity (Wildman–Crippen MR) is 106 cm³/mol. The zero-order valence-electron chi connectivity index (χ0n) is 16.4. The van der Waals surface area contributed by atoms with Gasteiger partial charge < -0.3 is 5.32 Å². The van der Waals surface area contributed by atoms with E-state index in [1.165, 1.54) is 10.5 Å². The summed E-state index contributed by atoms with van der Waals surface area (Å²) < 4.78 is 41.1. The molecule has 1 fully saturated rings. The van der Waals surface area contributed by atoms with Gasteiger partial charge in [0.25, 0.3) is 0 Å². The number of hydrogen-bond acceptors (Lipinski definition) is 4. The van der Waals surface area contributed by atoms with Crippen LogP contribution >= 0.6 is 0 Å². The van der Waals surface area contributed by atoms with Gasteiger partial charge in [0.1, 0.15) is 11.6 Å². The minimum absolute atomic E-state index is 0.0471. The van der Waals surface area contributed by atoms with Crippen molar-refractivity contribution >= 4 is 11.4 Å². The van der Waals surface area contributed by atoms with Crippen molar-refractivity contribution in [1.29, 1.82) is 0 Å². The number of rotatable bonds is 7. The Labute approximate surface area is 172 Å². The highest BCUT2D eigenvalue weighted by atomic mass is 19.4. The highest BCUT2D eigenvalue weighted by Crippen LogP contribution is 2.32. The number of hydrogen-bond donors (Lipinski definition) is 1. The number of fused-ring (bicyclic) bond motifs is 1. The van der Waals surface area contributed by atoms with Crippen molar-refractivity contribution in [3.63, 3.8) is 0 Å². The van der Waals surface area contributed by atoms with Gasteiger partial charge in [0, 0.05) is 31.0 Å². The lowest BCUT2D eigenvalue weighted by Crippen LogP contribution is -2.21. The molecule has 0 spiro atoms. The van der Waals surface area contributed by atoms with Crippen LogP contribution in [0, 0.1) is 5.92 Å². The van der Waals surface area contributed by atoms with E-state index >= 15 is 0 Å². The number of Topliss-reactive ketones (excluding diaryl/α,β-unsaturated/α-hetero) is 1. The smallest absolute Gasteiger partial charge is 0.316 e. The second-order valence-electron chi connectivity index (χ2n) is 7.78. The molecular formula is C22H23F3N4O. The zero-order chi connectivity index (χ0) is 21.1. The third-order valence-corrected chi connectivity index (χ3v) is 5.71. The molecule has 8 heteroatoms. The molecule has 5 nitrogen and oxygen atoms in total. The molecule has 3 heterocycles. The summed E-state index contributed by atoms with van der Waals surface area (Å²) in [7, 11) is 0. The Bertz CT molecular complexity index is 1010. The maximum Gasteiger partial charge on any atom is 0.417 e. The fourth-order valence-electron chi connectivity index (χ4n) is 4.00. The van der Waals surface area contributed by atoms with Crippen molar-refractivity contribution in [2.45, 2.75) is 37.8 Å². The predicted octanol–water partition coefficient (Wildman–Crippen LogP) is 4.03. The van der Waals surface area contributed by atoms with Gasteiger partial charge in [-0.25, -0.2) is 0 Å². The van der Waals surface area contributed by atoms with Crippen LogP contribution in [0.1, 0.15) is 42.1 Å². The highest BCUT2D eigenvalue weighted by molar-refractivity contribution is 5.82. The van der Waals surface area contributed by atoms with E-state index in [0.717, 1.165) is 30.8 Å². The summed E-state index contributed by atoms with van der Waals surface area (Å²) >= 11 is 0. The first-order valence-electron chi connectivity index (χ1n) is 10.1. The van der Waals surface area contributed by atoms with Gasteiger partial charge in [0.05, 0.1) is 5.56 Å². The molecule has 0 radical (unpaired) electrons. The maximum atomic E-state index is 13.2. The summed E-state index contributed by atoms with van der Waals surface area (Å²) in [6, 6.07) is 12.1. The lowest BCUT2D eigenvalue weighted by Gasteiger charge is -2.17. The molecule has 2 atom stereocenters. The van der Waals surface area contributed by atoms with E-state index in [0.29, 0.717) is 30.9 Å². The zero-order valence-corrected chi connectivity index (χ0v) is 16.4. The SMILES string of the molecule is O=C(C[C@H](CCc1ccccc1)c1nnc2ccc(C(F)(F)F)cn12)C1CCNC1. The van der Waals surface area contributed by atoms with Gasteiger partial charge in [-0.1, -0.05) is 30.3 Å². The van der Waals surface area contributed by atoms with E-state index < -0.39 is 11.7 Å². The highest BCUT2D eigenvalue weighted by Gasteiger charge is 2.32. The van der Waals surface area contributed by atoms with Crippen molar-refractivity contribution in [3.05, 3.63) is 65.6 Å². The maximum absolute atomic E-state index is 13.2. The number of benzene rings is 1. The average Bonchev–Trinajstić information content (AvgIpc) is 3.41. The number of nitrogens with zero attached hydrogens (tertiary/aromatic N) is 3. The number of aryl methyl sites for hydroxylation is 1. The first-order valence-corrected chi connectivity index (χ1v) is 10.1. The molecule has 0 bridgehead atoms. The Morgan fingerprint density at radius 3 is 2.67 bits per heavy atom. The Morgan fingerprint density at radius 1 is 1.17 bits per heavy atom. The molecule has 0 saturated carbocycles. The van der Waals surface area contributed by atoms with Crippen molar-refractivity contribution in [2.75, 3.05) is 13.1 Å². The molecule has 1 N–H and O–H groups in total. The largest absolute Gasteiger partial charge is 0.417 e. The molecule has 1 aliphatic heterocycles. The van der Waals surface area contributed by atoms with Crippen molar-refractivity contribution in [2.24, 2.45) is 5.92 Å². The van der Waals surface area contributed by atoms with Gasteiger partial charge in [-0.3, -0.25) is 9.20 Å². The third-order valence-electron chi connectivity index (χ3n) is 5.71. The Morgan fingerprint density at radius 2 is 1.97 bits per heavy atom. The number of ketones is 1. The van der Waals surface area contributed by atoms with Gasteiger partial charge in [-0.05, 0) is 43.5 Å². The summed E-state index contributed by atoms with van der Waals surface area (Å²) in [4.78, 5) is 12.8. The van der Waals surface area contributed by atoms with E-state index in [4.69, 9.17) is 0 Å². The fraction of sp³-hybridized carbons (Fsp3) is 0.409. The van der Waals surface area contributed by atoms with E-state index in [9.17, 15) is 18.0 Å². The molecule has 0 amide bonds. The normalized spacial score (nSPS) is 18.0. The van der Waals surface area contributed by atoms with Crippen LogP contribution in [-0.4, -0.2) is 33.5 Å². The second-order valence-corrected chi connectivity index (χ2v) is 7.78. The number of alkyl halides is 3. The minimum atomic E-state index is -4.46. The van der Waals surface area contributed by atoms with Crippen LogP contribution in [0.15, 0.2) is 48.7 Å². The van der Waals surface area contributed by atoms with Crippen LogP contribution in [-0.2, 0) is 17.4 Å². The molecule has 2 aromatic heterocycles. The van der Waals surface area contributed by atoms with Crippen molar-refractivity contribution in [3.8, 4) is 0 Å². The third kappa shape index (κ3) is 4.53. The minimum Gasteiger partial charge on any atom is -0.316 e. The second kappa shape index (κ2) is 8.55. The number of halogens is 3. The van der Waals surface area contributed by atoms with E-state index in [1.807, 2.05) is 30.3 Å². The Hall–Kier alpha value is -2.74. The van der Waals surface area contributed by atoms with Gasteiger partial charge in [0.15, 0.2) is 5.65 Å². The van der Waals surface area contributed by atoms with Crippen LogP contribution in [0.25, 0.3) is 5.65 Å². The first kappa shape index (κ1) is 20.5. The van der Waals surface area contributed by atoms with E-state index in [1.54, 1.807) is 0 Å². The number of pyridine rings is 1. The quantitative estimate of drug-likeness (QED) is 0.632. The molecule has 1 aromatic carbocycles. The lowest BCUT2D eigenvalue weighted by molar-refractivity contribution is -0.137. The topological polar surface area (TPSA) is 59.3 Å². The molecule has 1 aliphatic rings. The first-order chi connectivity index (χ1) is 14.4. The van der Waals surface area contributed by atoms with Gasteiger partial charge >= 0.3 is 6.18 Å². The Balaban J connectivity index is 1.64. The van der Waals surface area contributed by atoms with Gasteiger partial charge in [-0.15, -0.1) is 10.2 Å². The summed E-state index contributed by atoms with van der Waals surface area (Å²) in [6.45, 7) is 1.47. The molecule has 0 aliphatic carbocycles. The molecule has 1 saturated heterocycles. The summed E-state index contributed by atoms with van der Waals surface area (Å²) in [5.74, 6) is 0.180. The number of aromatic nitrogens is 3. The monoisotopic (exact) mass is 416 g/mol. The fourth-order valence-corrected chi connectivity index (χ4v) is 4.00. The summed E-state index contributed by atoms with van der Waals surface area (Å²) in [6.07, 6.45) is -1.08. The molecule has 4 rings (SSSR count). The standard InChI is InChI=1S/C22H23F3N4O/c23-22(24,25)18-8-9-20-27-28-21(29(20)14-18)16(7-6-15-4-2-1-3-5-15)12-19(30)17-10-11-26-13-17/h1-5,8-9,14,16-17,26H,6-7,10-13H2/t16-,17?/m0/s1. The molecule has 30 heavy (non-hydrogen) atoms.